The van der Waals surface area contributed by atoms with Gasteiger partial charge in [-0.1, -0.05) is 23.7 Å². The van der Waals surface area contributed by atoms with Gasteiger partial charge in [-0.2, -0.15) is 5.10 Å². The molecule has 0 saturated carbocycles. The number of nitrogens with one attached hydrogen (secondary N) is 1. The van der Waals surface area contributed by atoms with Crippen molar-refractivity contribution in [2.75, 3.05) is 0 Å². The van der Waals surface area contributed by atoms with Crippen molar-refractivity contribution in [2.24, 2.45) is 7.05 Å². The lowest BCUT2D eigenvalue weighted by Gasteiger charge is -2.31. The maximum absolute atomic E-state index is 14.3. The molecule has 36 heavy (non-hydrogen) atoms. The highest BCUT2D eigenvalue weighted by Crippen LogP contribution is 2.34. The second-order valence-electron chi connectivity index (χ2n) is 8.68. The van der Waals surface area contributed by atoms with Crippen LogP contribution in [0.4, 0.5) is 8.78 Å². The third kappa shape index (κ3) is 5.04. The number of nitrogens with zero attached hydrogens (tertiary/aromatic N) is 4. The summed E-state index contributed by atoms with van der Waals surface area (Å²) in [6, 6.07) is 9.65. The van der Waals surface area contributed by atoms with E-state index in [1.165, 1.54) is 13.3 Å². The van der Waals surface area contributed by atoms with E-state index in [-0.39, 0.29) is 17.2 Å². The third-order valence-electron chi connectivity index (χ3n) is 5.72. The molecule has 2 aromatic heterocycles. The van der Waals surface area contributed by atoms with Gasteiger partial charge in [-0.05, 0) is 50.6 Å². The molecule has 0 spiro atoms. The van der Waals surface area contributed by atoms with E-state index in [0.29, 0.717) is 22.7 Å². The van der Waals surface area contributed by atoms with Crippen LogP contribution in [-0.4, -0.2) is 39.7 Å². The summed E-state index contributed by atoms with van der Waals surface area (Å²) in [7, 11) is 8.08. The lowest BCUT2D eigenvalue weighted by atomic mass is 9.72. The van der Waals surface area contributed by atoms with Crippen molar-refractivity contribution in [3.63, 3.8) is 0 Å². The first-order valence-electron chi connectivity index (χ1n) is 11.1. The standard InChI is InChI=1S/C25H23BClF2N5O2/c1-13-8-17(23-30-12-31-34(23)4)16-6-5-7-21(22(16)32-13)36-11-18-19(9-15(29)10-20(18)27)25(3,26)33-24(35)14(2)28/h5-10,12,14H,11H2,1-4H3,(H,33,35)/t14?,25-/m0/s1. The summed E-state index contributed by atoms with van der Waals surface area (Å²) in [5.41, 5.74) is 1.05. The Morgan fingerprint density at radius 2 is 2.08 bits per heavy atom. The van der Waals surface area contributed by atoms with Crippen LogP contribution in [0.3, 0.4) is 0 Å². The van der Waals surface area contributed by atoms with Gasteiger partial charge in [-0.15, -0.1) is 0 Å². The van der Waals surface area contributed by atoms with Gasteiger partial charge in [-0.25, -0.2) is 23.4 Å². The fourth-order valence-corrected chi connectivity index (χ4v) is 4.24. The molecule has 2 atom stereocenters. The van der Waals surface area contributed by atoms with E-state index in [9.17, 15) is 13.6 Å². The Balaban J connectivity index is 1.74. The van der Waals surface area contributed by atoms with Gasteiger partial charge in [0.1, 0.15) is 37.9 Å². The molecule has 7 nitrogen and oxygen atoms in total. The molecule has 0 aliphatic carbocycles. The summed E-state index contributed by atoms with van der Waals surface area (Å²) in [6.07, 6.45) is -0.327. The molecule has 1 unspecified atom stereocenters. The summed E-state index contributed by atoms with van der Waals surface area (Å²) in [6.45, 7) is 4.26. The Morgan fingerprint density at radius 3 is 2.75 bits per heavy atom. The number of halogens is 3. The van der Waals surface area contributed by atoms with Gasteiger partial charge in [-0.3, -0.25) is 4.79 Å². The van der Waals surface area contributed by atoms with E-state index in [0.717, 1.165) is 35.7 Å². The largest absolute Gasteiger partial charge is 0.487 e. The van der Waals surface area contributed by atoms with Crippen LogP contribution in [0.2, 0.25) is 5.02 Å². The first-order chi connectivity index (χ1) is 17.0. The molecular formula is C25H23BClF2N5O2. The zero-order valence-electron chi connectivity index (χ0n) is 20.1. The molecule has 2 heterocycles. The zero-order valence-corrected chi connectivity index (χ0v) is 20.9. The minimum Gasteiger partial charge on any atom is -0.487 e. The van der Waals surface area contributed by atoms with Gasteiger partial charge >= 0.3 is 0 Å². The number of para-hydroxylation sites is 1. The fourth-order valence-electron chi connectivity index (χ4n) is 3.98. The summed E-state index contributed by atoms with van der Waals surface area (Å²) < 4.78 is 35.6. The van der Waals surface area contributed by atoms with E-state index in [1.807, 2.05) is 25.1 Å². The zero-order chi connectivity index (χ0) is 26.2. The maximum atomic E-state index is 14.3. The molecular weight excluding hydrogens is 487 g/mol. The van der Waals surface area contributed by atoms with E-state index < -0.39 is 23.3 Å². The Kier molecular flexibility index (Phi) is 7.00. The average molecular weight is 510 g/mol. The summed E-state index contributed by atoms with van der Waals surface area (Å²) in [5, 5.41) is 7.39. The molecule has 2 aromatic carbocycles. The molecule has 0 aliphatic heterocycles. The number of benzene rings is 2. The molecule has 0 bridgehead atoms. The van der Waals surface area contributed by atoms with Crippen molar-refractivity contribution in [3.8, 4) is 17.1 Å². The molecule has 0 fully saturated rings. The number of aryl methyl sites for hydroxylation is 2. The number of fused-ring (bicyclic) bond motifs is 1. The number of hydrogen-bond acceptors (Lipinski definition) is 5. The lowest BCUT2D eigenvalue weighted by Crippen LogP contribution is -2.47. The average Bonchev–Trinajstić information content (AvgIpc) is 3.22. The molecule has 0 saturated heterocycles. The summed E-state index contributed by atoms with van der Waals surface area (Å²) in [5.74, 6) is -0.472. The highest BCUT2D eigenvalue weighted by atomic mass is 35.5. The number of amides is 1. The first-order valence-corrected chi connectivity index (χ1v) is 11.5. The van der Waals surface area contributed by atoms with E-state index in [1.54, 1.807) is 17.8 Å². The Labute approximate surface area is 213 Å². The van der Waals surface area contributed by atoms with E-state index in [4.69, 9.17) is 24.2 Å². The highest BCUT2D eigenvalue weighted by molar-refractivity contribution is 6.31. The Morgan fingerprint density at radius 1 is 1.33 bits per heavy atom. The van der Waals surface area contributed by atoms with Gasteiger partial charge in [0, 0.05) is 34.7 Å². The molecule has 2 radical (unpaired) electrons. The minimum absolute atomic E-state index is 0.0494. The van der Waals surface area contributed by atoms with Crippen molar-refractivity contribution in [3.05, 3.63) is 70.4 Å². The summed E-state index contributed by atoms with van der Waals surface area (Å²) in [4.78, 5) is 21.0. The molecule has 1 N–H and O–H groups in total. The van der Waals surface area contributed by atoms with Crippen LogP contribution in [0, 0.1) is 12.7 Å². The molecule has 1 amide bonds. The smallest absolute Gasteiger partial charge is 0.254 e. The van der Waals surface area contributed by atoms with Gasteiger partial charge in [0.05, 0.1) is 5.02 Å². The monoisotopic (exact) mass is 509 g/mol. The number of pyridine rings is 1. The number of rotatable bonds is 7. The van der Waals surface area contributed by atoms with Crippen LogP contribution in [0.5, 0.6) is 5.75 Å². The van der Waals surface area contributed by atoms with Crippen LogP contribution >= 0.6 is 11.6 Å². The topological polar surface area (TPSA) is 81.9 Å². The second-order valence-corrected chi connectivity index (χ2v) is 9.09. The fraction of sp³-hybridized carbons (Fsp3) is 0.280. The van der Waals surface area contributed by atoms with Crippen molar-refractivity contribution in [1.82, 2.24) is 25.1 Å². The van der Waals surface area contributed by atoms with Crippen LogP contribution in [0.25, 0.3) is 22.3 Å². The van der Waals surface area contributed by atoms with Gasteiger partial charge in [0.25, 0.3) is 5.91 Å². The molecule has 184 valence electrons. The summed E-state index contributed by atoms with van der Waals surface area (Å²) >= 11 is 6.36. The number of carbonyl (C=O) groups excluding carboxylic acids is 1. The van der Waals surface area contributed by atoms with Crippen molar-refractivity contribution < 1.29 is 18.3 Å². The van der Waals surface area contributed by atoms with Crippen molar-refractivity contribution in [2.45, 2.75) is 39.0 Å². The third-order valence-corrected chi connectivity index (χ3v) is 6.06. The number of carbonyl (C=O) groups is 1. The minimum atomic E-state index is -1.80. The van der Waals surface area contributed by atoms with Crippen LogP contribution in [0.15, 0.2) is 42.7 Å². The van der Waals surface area contributed by atoms with Gasteiger partial charge in [0.15, 0.2) is 12.0 Å². The number of aromatic nitrogens is 4. The highest BCUT2D eigenvalue weighted by Gasteiger charge is 2.29. The number of alkyl halides is 1. The second kappa shape index (κ2) is 9.85. The molecule has 11 heteroatoms. The quantitative estimate of drug-likeness (QED) is 0.370. The van der Waals surface area contributed by atoms with Crippen LogP contribution in [-0.2, 0) is 23.9 Å². The van der Waals surface area contributed by atoms with Crippen LogP contribution in [0.1, 0.15) is 30.7 Å². The SMILES string of the molecule is [B][C@@](C)(NC(=O)C(C)F)c1cc(F)cc(Cl)c1COc1cccc2c(-c3ncnn3C)cc(C)nc12. The van der Waals surface area contributed by atoms with E-state index in [2.05, 4.69) is 20.4 Å². The number of hydrogen-bond donors (Lipinski definition) is 1. The normalized spacial score (nSPS) is 13.9. The van der Waals surface area contributed by atoms with Crippen molar-refractivity contribution >= 4 is 36.3 Å². The van der Waals surface area contributed by atoms with Gasteiger partial charge < -0.3 is 10.1 Å². The maximum Gasteiger partial charge on any atom is 0.254 e. The Bertz CT molecular complexity index is 1460. The predicted molar refractivity (Wildman–Crippen MR) is 134 cm³/mol. The van der Waals surface area contributed by atoms with Crippen molar-refractivity contribution in [1.29, 1.82) is 0 Å². The predicted octanol–water partition coefficient (Wildman–Crippen LogP) is 4.53. The Hall–Kier alpha value is -3.53. The molecule has 0 aliphatic rings. The lowest BCUT2D eigenvalue weighted by molar-refractivity contribution is -0.126. The first kappa shape index (κ1) is 25.6. The van der Waals surface area contributed by atoms with E-state index >= 15 is 0 Å². The van der Waals surface area contributed by atoms with Crippen LogP contribution < -0.4 is 10.1 Å². The van der Waals surface area contributed by atoms with Gasteiger partial charge in [0.2, 0.25) is 0 Å². The number of ether oxygens (including phenoxy) is 1. The molecule has 4 aromatic rings. The molecule has 4 rings (SSSR count).